The predicted molar refractivity (Wildman–Crippen MR) is 157 cm³/mol. The van der Waals surface area contributed by atoms with Crippen molar-refractivity contribution >= 4 is 29.7 Å². The Hall–Kier alpha value is -3.58. The summed E-state index contributed by atoms with van der Waals surface area (Å²) in [4.78, 5) is 12.2. The summed E-state index contributed by atoms with van der Waals surface area (Å²) < 4.78 is 43.6. The Morgan fingerprint density at radius 3 is 2.43 bits per heavy atom. The largest absolute Gasteiger partial charge is 0.573 e. The lowest BCUT2D eigenvalue weighted by molar-refractivity contribution is -0.274. The summed E-state index contributed by atoms with van der Waals surface area (Å²) in [5.41, 5.74) is 13.6. The van der Waals surface area contributed by atoms with Gasteiger partial charge in [0.25, 0.3) is 6.47 Å². The van der Waals surface area contributed by atoms with Gasteiger partial charge in [-0.1, -0.05) is 31.4 Å². The van der Waals surface area contributed by atoms with Crippen LogP contribution in [-0.2, 0) is 17.9 Å². The molecule has 2 aromatic rings. The Labute approximate surface area is 249 Å². The fraction of sp³-hybridized carbons (Fsp3) is 0.500. The zero-order chi connectivity index (χ0) is 31.3. The summed E-state index contributed by atoms with van der Waals surface area (Å²) in [6.07, 6.45) is -0.209. The summed E-state index contributed by atoms with van der Waals surface area (Å²) >= 11 is 6.13. The minimum atomic E-state index is -4.82. The van der Waals surface area contributed by atoms with Crippen molar-refractivity contribution in [1.29, 1.82) is 0 Å². The third-order valence-corrected chi connectivity index (χ3v) is 7.12. The van der Waals surface area contributed by atoms with Crippen LogP contribution < -0.4 is 26.3 Å². The van der Waals surface area contributed by atoms with Crippen molar-refractivity contribution < 1.29 is 32.9 Å². The van der Waals surface area contributed by atoms with Crippen LogP contribution in [-0.4, -0.2) is 54.0 Å². The highest BCUT2D eigenvalue weighted by Gasteiger charge is 2.32. The van der Waals surface area contributed by atoms with Crippen LogP contribution in [0.4, 0.5) is 18.9 Å². The lowest BCUT2D eigenvalue weighted by Crippen LogP contribution is -2.40. The monoisotopic (exact) mass is 616 g/mol. The first-order valence-electron chi connectivity index (χ1n) is 13.6. The minimum Gasteiger partial charge on any atom is -0.508 e. The smallest absolute Gasteiger partial charge is 0.508 e. The number of benzene rings is 2. The van der Waals surface area contributed by atoms with Gasteiger partial charge in [-0.3, -0.25) is 4.79 Å². The number of alkyl halides is 3. The molecule has 1 saturated carbocycles. The number of nitrogens with one attached hydrogen (secondary N) is 2. The number of phenols is 1. The van der Waals surface area contributed by atoms with Gasteiger partial charge in [0.2, 0.25) is 5.96 Å². The molecule has 42 heavy (non-hydrogen) atoms. The van der Waals surface area contributed by atoms with E-state index in [-0.39, 0.29) is 37.0 Å². The van der Waals surface area contributed by atoms with E-state index in [9.17, 15) is 18.3 Å². The number of carbonyl (C=O) groups is 1. The third-order valence-electron chi connectivity index (χ3n) is 6.90. The maximum atomic E-state index is 13.1. The maximum Gasteiger partial charge on any atom is 0.573 e. The fourth-order valence-corrected chi connectivity index (χ4v) is 5.22. The average molecular weight is 617 g/mol. The quantitative estimate of drug-likeness (QED) is 0.0992. The van der Waals surface area contributed by atoms with Crippen LogP contribution in [0.2, 0.25) is 5.02 Å². The lowest BCUT2D eigenvalue weighted by Gasteiger charge is -2.34. The molecule has 1 aliphatic carbocycles. The van der Waals surface area contributed by atoms with E-state index in [1.165, 1.54) is 31.0 Å². The van der Waals surface area contributed by atoms with E-state index in [1.54, 1.807) is 30.1 Å². The number of anilines is 1. The first kappa shape index (κ1) is 34.6. The molecule has 0 radical (unpaired) electrons. The summed E-state index contributed by atoms with van der Waals surface area (Å²) in [6.45, 7) is 5.86. The molecule has 6 N–H and O–H groups in total. The van der Waals surface area contributed by atoms with Crippen molar-refractivity contribution in [3.63, 3.8) is 0 Å². The van der Waals surface area contributed by atoms with Gasteiger partial charge in [-0.05, 0) is 79.1 Å². The summed E-state index contributed by atoms with van der Waals surface area (Å²) in [7, 11) is 1.62. The summed E-state index contributed by atoms with van der Waals surface area (Å²) in [6, 6.07) is 9.06. The first-order valence-corrected chi connectivity index (χ1v) is 14.0. The molecule has 0 unspecified atom stereocenters. The molecule has 0 heterocycles. The van der Waals surface area contributed by atoms with Gasteiger partial charge in [0.1, 0.15) is 11.5 Å². The zero-order valence-corrected chi connectivity index (χ0v) is 24.8. The van der Waals surface area contributed by atoms with E-state index in [1.807, 2.05) is 6.92 Å². The number of hydrazine groups is 1. The van der Waals surface area contributed by atoms with Crippen LogP contribution in [0.25, 0.3) is 0 Å². The summed E-state index contributed by atoms with van der Waals surface area (Å²) in [5, 5.41) is 21.4. The molecule has 14 heteroatoms. The second kappa shape index (κ2) is 16.8. The van der Waals surface area contributed by atoms with Gasteiger partial charge in [-0.25, -0.2) is 11.0 Å². The second-order valence-corrected chi connectivity index (χ2v) is 10.6. The molecule has 0 amide bonds. The van der Waals surface area contributed by atoms with Crippen molar-refractivity contribution in [3.8, 4) is 11.5 Å². The van der Waals surface area contributed by atoms with Gasteiger partial charge < -0.3 is 30.5 Å². The van der Waals surface area contributed by atoms with Crippen molar-refractivity contribution in [1.82, 2.24) is 15.9 Å². The molecule has 0 bridgehead atoms. The molecule has 1 aliphatic rings. The standard InChI is InChI=1S/C27H38ClF3N6O2.CH2O2/c1-4-36(15-19-7-5-18(2)6-8-19)25-10-9-24(39-27(29,30)31)13-21(25)17-37(26(32)34-35-33-3)16-20-11-22(28)14-23(38)12-20;2-1-3/h9-14,18-19,33,35,38H,4-8,15-17H2,1-3H3,(H2,32,34);1H,(H,2,3). The van der Waals surface area contributed by atoms with Gasteiger partial charge >= 0.3 is 6.36 Å². The SMILES string of the molecule is CCN(CC1CCC(C)CC1)c1ccc(OC(F)(F)F)cc1CN(Cc1cc(O)cc(Cl)c1)/C(N)=N/NNC.O=CO. The van der Waals surface area contributed by atoms with Crippen molar-refractivity contribution in [2.24, 2.45) is 22.7 Å². The lowest BCUT2D eigenvalue weighted by atomic mass is 9.82. The Balaban J connectivity index is 0.00000197. The number of hydrazone groups is 1. The zero-order valence-electron chi connectivity index (χ0n) is 24.0. The highest BCUT2D eigenvalue weighted by Crippen LogP contribution is 2.34. The third kappa shape index (κ3) is 11.7. The predicted octanol–water partition coefficient (Wildman–Crippen LogP) is 5.25. The van der Waals surface area contributed by atoms with Crippen molar-refractivity contribution in [3.05, 3.63) is 52.5 Å². The Morgan fingerprint density at radius 1 is 1.19 bits per heavy atom. The number of aromatic hydroxyl groups is 1. The van der Waals surface area contributed by atoms with E-state index in [2.05, 4.69) is 32.6 Å². The molecule has 10 nitrogen and oxygen atoms in total. The van der Waals surface area contributed by atoms with Crippen LogP contribution in [0.5, 0.6) is 11.5 Å². The number of hydrogen-bond donors (Lipinski definition) is 5. The number of guanidine groups is 1. The molecule has 1 fully saturated rings. The number of phenolic OH excluding ortho intramolecular Hbond substituents is 1. The van der Waals surface area contributed by atoms with Gasteiger partial charge in [-0.2, -0.15) is 0 Å². The Morgan fingerprint density at radius 2 is 1.86 bits per heavy atom. The normalized spacial score (nSPS) is 17.1. The number of hydrogen-bond acceptors (Lipinski definition) is 7. The van der Waals surface area contributed by atoms with Crippen LogP contribution >= 0.6 is 11.6 Å². The molecule has 0 aromatic heterocycles. The Bertz CT molecular complexity index is 1140. The molecular weight excluding hydrogens is 577 g/mol. The van der Waals surface area contributed by atoms with Gasteiger partial charge in [-0.15, -0.1) is 18.3 Å². The number of nitrogens with zero attached hydrogens (tertiary/aromatic N) is 3. The molecule has 3 rings (SSSR count). The highest BCUT2D eigenvalue weighted by atomic mass is 35.5. The number of ether oxygens (including phenoxy) is 1. The number of nitrogens with two attached hydrogens (primary N) is 1. The average Bonchev–Trinajstić information content (AvgIpc) is 2.90. The molecule has 0 atom stereocenters. The van der Waals surface area contributed by atoms with Gasteiger partial charge in [0.15, 0.2) is 0 Å². The Kier molecular flexibility index (Phi) is 13.8. The first-order chi connectivity index (χ1) is 19.9. The van der Waals surface area contributed by atoms with Gasteiger partial charge in [0.05, 0.1) is 0 Å². The molecule has 2 aromatic carbocycles. The van der Waals surface area contributed by atoms with E-state index < -0.39 is 6.36 Å². The number of rotatable bonds is 11. The molecule has 0 aliphatic heterocycles. The minimum absolute atomic E-state index is 0.0125. The molecule has 234 valence electrons. The van der Waals surface area contributed by atoms with Crippen LogP contribution in [0.15, 0.2) is 41.5 Å². The van der Waals surface area contributed by atoms with E-state index >= 15 is 0 Å². The fourth-order valence-electron chi connectivity index (χ4n) is 4.97. The molecule has 0 saturated heterocycles. The number of halogens is 4. The summed E-state index contributed by atoms with van der Waals surface area (Å²) in [5.74, 6) is 0.992. The van der Waals surface area contributed by atoms with Crippen LogP contribution in [0.1, 0.15) is 50.7 Å². The molecular formula is C28H40ClF3N6O4. The highest BCUT2D eigenvalue weighted by molar-refractivity contribution is 6.30. The maximum absolute atomic E-state index is 13.1. The second-order valence-electron chi connectivity index (χ2n) is 10.1. The van der Waals surface area contributed by atoms with Crippen LogP contribution in [0, 0.1) is 11.8 Å². The van der Waals surface area contributed by atoms with Crippen LogP contribution in [0.3, 0.4) is 0 Å². The van der Waals surface area contributed by atoms with E-state index in [4.69, 9.17) is 27.2 Å². The van der Waals surface area contributed by atoms with Crippen molar-refractivity contribution in [2.45, 2.75) is 59.0 Å². The molecule has 0 spiro atoms. The van der Waals surface area contributed by atoms with E-state index in [0.29, 0.717) is 28.6 Å². The topological polar surface area (TPSA) is 136 Å². The van der Waals surface area contributed by atoms with Crippen molar-refractivity contribution in [2.75, 3.05) is 25.0 Å². The number of carboxylic acid groups (broad SMARTS) is 1. The van der Waals surface area contributed by atoms with Gasteiger partial charge in [0, 0.05) is 43.9 Å². The van der Waals surface area contributed by atoms with E-state index in [0.717, 1.165) is 31.0 Å².